The predicted octanol–water partition coefficient (Wildman–Crippen LogP) is 0.910. The van der Waals surface area contributed by atoms with E-state index in [0.29, 0.717) is 0 Å². The predicted molar refractivity (Wildman–Crippen MR) is 159 cm³/mol. The average Bonchev–Trinajstić information content (AvgIpc) is 3.00. The highest BCUT2D eigenvalue weighted by molar-refractivity contribution is 7.91. The number of halogens is 18. The Morgan fingerprint density at radius 1 is 0.200 bits per heavy atom. The van der Waals surface area contributed by atoms with Crippen molar-refractivity contribution in [2.45, 2.75) is 33.0 Å². The summed E-state index contributed by atoms with van der Waals surface area (Å²) >= 11 is 0. The molecule has 18 nitrogen and oxygen atoms in total. The van der Waals surface area contributed by atoms with E-state index in [1.807, 2.05) is 0 Å². The third-order valence-electron chi connectivity index (χ3n) is 7.39. The minimum absolute atomic E-state index is 1.30. The first-order valence-corrected chi connectivity index (χ1v) is 23.2. The van der Waals surface area contributed by atoms with Gasteiger partial charge in [0.2, 0.25) is 0 Å². The highest BCUT2D eigenvalue weighted by Crippen LogP contribution is 2.34. The Morgan fingerprint density at radius 3 is 0.317 bits per heavy atom. The van der Waals surface area contributed by atoms with E-state index >= 15 is 0 Å². The standard InChI is InChI=1S/C18H24F18N6O12S6/c19-13(20,21)55(43,44)37-1-2-38(56(45,46)14(22,23)24)5-6-40(58(49,50)16(28,29)30)9-10-42(60(53,54)18(34,35)36)12-11-41(59(51,52)17(31,32)33)8-7-39(4-3-37)57(47,48)15(25,26)27/h1-12H2. The van der Waals surface area contributed by atoms with Gasteiger partial charge in [-0.05, 0) is 0 Å². The van der Waals surface area contributed by atoms with Crippen molar-refractivity contribution in [1.82, 2.24) is 25.8 Å². The second-order valence-electron chi connectivity index (χ2n) is 11.1. The minimum Gasteiger partial charge on any atom is -0.203 e. The first kappa shape index (κ1) is 56.2. The van der Waals surface area contributed by atoms with E-state index in [1.54, 1.807) is 0 Å². The largest absolute Gasteiger partial charge is 0.511 e. The van der Waals surface area contributed by atoms with Crippen LogP contribution in [0.5, 0.6) is 0 Å². The van der Waals surface area contributed by atoms with Crippen LogP contribution in [0, 0.1) is 0 Å². The number of sulfonamides is 6. The summed E-state index contributed by atoms with van der Waals surface area (Å²) in [6.45, 7) is -29.2. The Morgan fingerprint density at radius 2 is 0.267 bits per heavy atom. The van der Waals surface area contributed by atoms with Crippen molar-refractivity contribution in [1.29, 1.82) is 0 Å². The van der Waals surface area contributed by atoms with E-state index in [-0.39, 0.29) is 0 Å². The zero-order chi connectivity index (χ0) is 47.9. The lowest BCUT2D eigenvalue weighted by atomic mass is 10.4. The lowest BCUT2D eigenvalue weighted by Crippen LogP contribution is -2.55. The van der Waals surface area contributed by atoms with Gasteiger partial charge < -0.3 is 0 Å². The molecule has 360 valence electrons. The monoisotopic (exact) mass is 1050 g/mol. The Kier molecular flexibility index (Phi) is 16.9. The molecule has 0 saturated carbocycles. The Balaban J connectivity index is 4.36. The van der Waals surface area contributed by atoms with Gasteiger partial charge >= 0.3 is 93.2 Å². The van der Waals surface area contributed by atoms with E-state index in [1.165, 1.54) is 0 Å². The highest BCUT2D eigenvalue weighted by Gasteiger charge is 2.57. The molecule has 42 heteroatoms. The first-order chi connectivity index (χ1) is 26.1. The zero-order valence-corrected chi connectivity index (χ0v) is 33.2. The summed E-state index contributed by atoms with van der Waals surface area (Å²) in [5.41, 5.74) is -40.1. The molecule has 1 rings (SSSR count). The SMILES string of the molecule is O=S(=O)(N1CCN(S(=O)(=O)C(F)(F)F)CCN(S(=O)(=O)C(F)(F)F)CCN(S(=O)(=O)C(F)(F)F)CCN(S(=O)(=O)C(F)(F)F)CCN(S(=O)(=O)C(F)(F)F)CC1)C(F)(F)F. The van der Waals surface area contributed by atoms with Gasteiger partial charge in [-0.25, -0.2) is 50.5 Å². The van der Waals surface area contributed by atoms with Gasteiger partial charge in [-0.15, -0.1) is 0 Å². The maximum absolute atomic E-state index is 13.6. The first-order valence-electron chi connectivity index (χ1n) is 14.5. The average molecular weight is 1050 g/mol. The van der Waals surface area contributed by atoms with Gasteiger partial charge in [0.05, 0.1) is 0 Å². The smallest absolute Gasteiger partial charge is 0.203 e. The number of hydrogen-bond donors (Lipinski definition) is 0. The van der Waals surface area contributed by atoms with Crippen LogP contribution >= 0.6 is 0 Å². The Labute approximate surface area is 326 Å². The van der Waals surface area contributed by atoms with Crippen LogP contribution < -0.4 is 0 Å². The van der Waals surface area contributed by atoms with Gasteiger partial charge in [0, 0.05) is 78.5 Å². The van der Waals surface area contributed by atoms with Crippen molar-refractivity contribution in [2.75, 3.05) is 78.5 Å². The maximum atomic E-state index is 13.6. The van der Waals surface area contributed by atoms with E-state index in [2.05, 4.69) is 0 Å². The molecule has 1 saturated heterocycles. The van der Waals surface area contributed by atoms with E-state index < -0.39 is 198 Å². The van der Waals surface area contributed by atoms with Crippen LogP contribution in [0.3, 0.4) is 0 Å². The van der Waals surface area contributed by atoms with Crippen LogP contribution in [0.4, 0.5) is 79.0 Å². The molecule has 0 aromatic heterocycles. The molecule has 0 atom stereocenters. The molecule has 0 spiro atoms. The van der Waals surface area contributed by atoms with E-state index in [9.17, 15) is 130 Å². The van der Waals surface area contributed by atoms with E-state index in [4.69, 9.17) is 0 Å². The van der Waals surface area contributed by atoms with Crippen molar-refractivity contribution in [3.63, 3.8) is 0 Å². The van der Waals surface area contributed by atoms with Gasteiger partial charge in [0.25, 0.3) is 0 Å². The molecule has 0 aliphatic carbocycles. The maximum Gasteiger partial charge on any atom is 0.511 e. The topological polar surface area (TPSA) is 224 Å². The summed E-state index contributed by atoms with van der Waals surface area (Å²) in [6.07, 6.45) is 0. The molecule has 60 heavy (non-hydrogen) atoms. The molecule has 0 amide bonds. The van der Waals surface area contributed by atoms with Crippen LogP contribution in [0.15, 0.2) is 0 Å². The van der Waals surface area contributed by atoms with Crippen LogP contribution in [0.1, 0.15) is 0 Å². The molecule has 0 aromatic rings. The van der Waals surface area contributed by atoms with Crippen molar-refractivity contribution >= 4 is 60.1 Å². The molecule has 0 N–H and O–H groups in total. The lowest BCUT2D eigenvalue weighted by Gasteiger charge is -2.33. The lowest BCUT2D eigenvalue weighted by molar-refractivity contribution is -0.0530. The van der Waals surface area contributed by atoms with Gasteiger partial charge in [-0.1, -0.05) is 0 Å². The summed E-state index contributed by atoms with van der Waals surface area (Å²) in [6, 6.07) is 0. The second kappa shape index (κ2) is 18.0. The summed E-state index contributed by atoms with van der Waals surface area (Å²) in [5, 5.41) is 0. The number of hydrogen-bond acceptors (Lipinski definition) is 12. The second-order valence-corrected chi connectivity index (χ2v) is 22.7. The van der Waals surface area contributed by atoms with Crippen LogP contribution in [0.25, 0.3) is 0 Å². The molecule has 1 heterocycles. The van der Waals surface area contributed by atoms with Crippen molar-refractivity contribution in [3.8, 4) is 0 Å². The van der Waals surface area contributed by atoms with Gasteiger partial charge in [0.1, 0.15) is 0 Å². The molecule has 1 aliphatic rings. The fourth-order valence-corrected chi connectivity index (χ4v) is 9.95. The fraction of sp³-hybridized carbons (Fsp3) is 1.00. The quantitative estimate of drug-likeness (QED) is 0.339. The van der Waals surface area contributed by atoms with E-state index in [0.717, 1.165) is 0 Å². The fourth-order valence-electron chi connectivity index (χ4n) is 4.33. The number of alkyl halides is 18. The summed E-state index contributed by atoms with van der Waals surface area (Å²) in [4.78, 5) is 0. The number of rotatable bonds is 6. The van der Waals surface area contributed by atoms with Gasteiger partial charge in [-0.2, -0.15) is 105 Å². The molecular formula is C18H24F18N6O12S6. The highest BCUT2D eigenvalue weighted by atomic mass is 32.2. The minimum atomic E-state index is -7.21. The molecule has 0 bridgehead atoms. The van der Waals surface area contributed by atoms with Crippen molar-refractivity contribution < 1.29 is 130 Å². The summed E-state index contributed by atoms with van der Waals surface area (Å²) < 4.78 is 384. The number of nitrogens with zero attached hydrogens (tertiary/aromatic N) is 6. The summed E-state index contributed by atoms with van der Waals surface area (Å²) in [7, 11) is -43.3. The molecule has 0 unspecified atom stereocenters. The van der Waals surface area contributed by atoms with Crippen LogP contribution in [-0.4, -0.2) is 188 Å². The van der Waals surface area contributed by atoms with Crippen molar-refractivity contribution in [3.05, 3.63) is 0 Å². The summed E-state index contributed by atoms with van der Waals surface area (Å²) in [5.74, 6) is 0. The van der Waals surface area contributed by atoms with Crippen molar-refractivity contribution in [2.24, 2.45) is 0 Å². The zero-order valence-electron chi connectivity index (χ0n) is 28.3. The molecule has 0 radical (unpaired) electrons. The van der Waals surface area contributed by atoms with Gasteiger partial charge in [-0.3, -0.25) is 0 Å². The van der Waals surface area contributed by atoms with Crippen LogP contribution in [0.2, 0.25) is 0 Å². The molecule has 0 aromatic carbocycles. The molecule has 1 fully saturated rings. The van der Waals surface area contributed by atoms with Crippen LogP contribution in [-0.2, 0) is 60.1 Å². The molecule has 1 aliphatic heterocycles. The Hall–Kier alpha value is -1.80. The van der Waals surface area contributed by atoms with Gasteiger partial charge in [0.15, 0.2) is 0 Å². The molecular weight excluding hydrogens is 1030 g/mol. The third kappa shape index (κ3) is 12.3. The Bertz CT molecular complexity index is 1760. The third-order valence-corrected chi connectivity index (χ3v) is 17.2. The normalized spacial score (nSPS) is 21.1.